The smallest absolute Gasteiger partial charge is 0.00852 e. The van der Waals surface area contributed by atoms with Crippen LogP contribution < -0.4 is 0 Å². The highest BCUT2D eigenvalue weighted by Gasteiger charge is 2.57. The SMILES string of the molecule is CC(C)CCCC(C)C1CCCC2C3CC=C4CCC(C)CCC4(C)C3CCC12C. The van der Waals surface area contributed by atoms with E-state index in [1.807, 2.05) is 5.57 Å². The molecule has 0 radical (unpaired) electrons. The molecule has 4 aliphatic carbocycles. The van der Waals surface area contributed by atoms with Crippen molar-refractivity contribution in [3.63, 3.8) is 0 Å². The summed E-state index contributed by atoms with van der Waals surface area (Å²) in [7, 11) is 0. The summed E-state index contributed by atoms with van der Waals surface area (Å²) in [6.07, 6.45) is 21.9. The summed E-state index contributed by atoms with van der Waals surface area (Å²) in [6.45, 7) is 15.4. The lowest BCUT2D eigenvalue weighted by molar-refractivity contribution is -0.104. The topological polar surface area (TPSA) is 0 Å². The maximum absolute atomic E-state index is 2.78. The Bertz CT molecular complexity index is 614. The van der Waals surface area contributed by atoms with E-state index in [0.717, 1.165) is 41.4 Å². The molecule has 0 N–H and O–H groups in total. The quantitative estimate of drug-likeness (QED) is 0.394. The van der Waals surface area contributed by atoms with Gasteiger partial charge in [0.2, 0.25) is 0 Å². The maximum Gasteiger partial charge on any atom is -0.00852 e. The molecule has 4 aliphatic rings. The van der Waals surface area contributed by atoms with Crippen molar-refractivity contribution in [1.29, 1.82) is 0 Å². The first-order valence-electron chi connectivity index (χ1n) is 13.9. The lowest BCUT2D eigenvalue weighted by Crippen LogP contribution is -2.53. The highest BCUT2D eigenvalue weighted by atomic mass is 14.6. The molecule has 8 atom stereocenters. The Hall–Kier alpha value is -0.260. The molecule has 0 bridgehead atoms. The average Bonchev–Trinajstić information content (AvgIpc) is 2.85. The Morgan fingerprint density at radius 2 is 1.73 bits per heavy atom. The molecule has 0 nitrogen and oxygen atoms in total. The molecule has 0 aromatic heterocycles. The van der Waals surface area contributed by atoms with Crippen molar-refractivity contribution >= 4 is 0 Å². The number of allylic oxidation sites excluding steroid dienone is 2. The van der Waals surface area contributed by atoms with Crippen molar-refractivity contribution in [2.45, 2.75) is 125 Å². The summed E-state index contributed by atoms with van der Waals surface area (Å²) in [5.74, 6) is 6.68. The summed E-state index contributed by atoms with van der Waals surface area (Å²) in [5, 5.41) is 0. The second kappa shape index (κ2) is 8.94. The summed E-state index contributed by atoms with van der Waals surface area (Å²) in [4.78, 5) is 0. The second-order valence-electron chi connectivity index (χ2n) is 13.3. The van der Waals surface area contributed by atoms with Gasteiger partial charge >= 0.3 is 0 Å². The molecular formula is C30H52. The molecule has 0 heteroatoms. The molecule has 0 amide bonds. The third-order valence-electron chi connectivity index (χ3n) is 11.1. The molecule has 3 saturated carbocycles. The van der Waals surface area contributed by atoms with Crippen LogP contribution >= 0.6 is 0 Å². The first-order chi connectivity index (χ1) is 14.3. The van der Waals surface area contributed by atoms with Crippen LogP contribution in [0.15, 0.2) is 11.6 Å². The molecule has 0 aromatic carbocycles. The van der Waals surface area contributed by atoms with Crippen LogP contribution in [0.25, 0.3) is 0 Å². The van der Waals surface area contributed by atoms with E-state index in [9.17, 15) is 0 Å². The molecule has 8 unspecified atom stereocenters. The zero-order valence-corrected chi connectivity index (χ0v) is 21.3. The fraction of sp³-hybridized carbons (Fsp3) is 0.933. The standard InChI is InChI=1S/C30H52/c1-21(2)9-7-10-23(4)26-11-8-12-27-25-16-15-24-14-13-22(3)17-19-29(24,5)28(25)18-20-30(26,27)6/h15,21-23,25-28H,7-14,16-20H2,1-6H3. The number of hydrogen-bond acceptors (Lipinski definition) is 0. The van der Waals surface area contributed by atoms with Gasteiger partial charge in [-0.3, -0.25) is 0 Å². The van der Waals surface area contributed by atoms with Gasteiger partial charge in [-0.2, -0.15) is 0 Å². The van der Waals surface area contributed by atoms with Crippen molar-refractivity contribution in [2.24, 2.45) is 52.3 Å². The Kier molecular flexibility index (Phi) is 6.83. The summed E-state index contributed by atoms with van der Waals surface area (Å²) in [6, 6.07) is 0. The van der Waals surface area contributed by atoms with Crippen LogP contribution in [0, 0.1) is 52.3 Å². The van der Waals surface area contributed by atoms with Crippen molar-refractivity contribution in [2.75, 3.05) is 0 Å². The van der Waals surface area contributed by atoms with Gasteiger partial charge in [0.1, 0.15) is 0 Å². The van der Waals surface area contributed by atoms with Gasteiger partial charge in [-0.15, -0.1) is 0 Å². The fourth-order valence-electron chi connectivity index (χ4n) is 9.21. The molecule has 172 valence electrons. The highest BCUT2D eigenvalue weighted by molar-refractivity contribution is 5.23. The number of hydrogen-bond donors (Lipinski definition) is 0. The molecule has 30 heavy (non-hydrogen) atoms. The second-order valence-corrected chi connectivity index (χ2v) is 13.3. The van der Waals surface area contributed by atoms with E-state index in [1.54, 1.807) is 0 Å². The van der Waals surface area contributed by atoms with Gasteiger partial charge in [-0.1, -0.05) is 78.9 Å². The van der Waals surface area contributed by atoms with E-state index in [4.69, 9.17) is 0 Å². The minimum Gasteiger partial charge on any atom is -0.0845 e. The van der Waals surface area contributed by atoms with Crippen LogP contribution in [0.3, 0.4) is 0 Å². The summed E-state index contributed by atoms with van der Waals surface area (Å²) < 4.78 is 0. The van der Waals surface area contributed by atoms with Gasteiger partial charge in [-0.05, 0) is 110 Å². The van der Waals surface area contributed by atoms with E-state index in [1.165, 1.54) is 83.5 Å². The van der Waals surface area contributed by atoms with Crippen LogP contribution in [0.5, 0.6) is 0 Å². The van der Waals surface area contributed by atoms with E-state index in [-0.39, 0.29) is 0 Å². The van der Waals surface area contributed by atoms with Gasteiger partial charge in [0.25, 0.3) is 0 Å². The number of fused-ring (bicyclic) bond motifs is 5. The zero-order chi connectivity index (χ0) is 21.5. The number of rotatable bonds is 5. The van der Waals surface area contributed by atoms with Gasteiger partial charge < -0.3 is 0 Å². The van der Waals surface area contributed by atoms with Gasteiger partial charge in [0.05, 0.1) is 0 Å². The minimum absolute atomic E-state index is 0.533. The van der Waals surface area contributed by atoms with E-state index >= 15 is 0 Å². The third kappa shape index (κ3) is 4.08. The molecular weight excluding hydrogens is 360 g/mol. The normalized spacial score (nSPS) is 45.0. The van der Waals surface area contributed by atoms with Crippen LogP contribution in [0.2, 0.25) is 0 Å². The molecule has 0 spiro atoms. The predicted octanol–water partition coefficient (Wildman–Crippen LogP) is 9.44. The van der Waals surface area contributed by atoms with Crippen LogP contribution in [-0.2, 0) is 0 Å². The Morgan fingerprint density at radius 3 is 2.50 bits per heavy atom. The van der Waals surface area contributed by atoms with Crippen LogP contribution in [0.4, 0.5) is 0 Å². The van der Waals surface area contributed by atoms with Gasteiger partial charge in [0, 0.05) is 0 Å². The first-order valence-corrected chi connectivity index (χ1v) is 13.9. The van der Waals surface area contributed by atoms with Gasteiger partial charge in [-0.25, -0.2) is 0 Å². The molecule has 4 rings (SSSR count). The lowest BCUT2D eigenvalue weighted by Gasteiger charge is -2.61. The summed E-state index contributed by atoms with van der Waals surface area (Å²) in [5.41, 5.74) is 3.03. The highest BCUT2D eigenvalue weighted by Crippen LogP contribution is 2.65. The van der Waals surface area contributed by atoms with Crippen molar-refractivity contribution < 1.29 is 0 Å². The van der Waals surface area contributed by atoms with E-state index < -0.39 is 0 Å². The lowest BCUT2D eigenvalue weighted by atomic mass is 9.43. The Labute approximate surface area is 189 Å². The molecule has 0 aromatic rings. The minimum atomic E-state index is 0.533. The van der Waals surface area contributed by atoms with Crippen LogP contribution in [0.1, 0.15) is 125 Å². The molecule has 0 aliphatic heterocycles. The Morgan fingerprint density at radius 1 is 0.933 bits per heavy atom. The first kappa shape index (κ1) is 22.9. The predicted molar refractivity (Wildman–Crippen MR) is 131 cm³/mol. The Balaban J connectivity index is 1.52. The largest absolute Gasteiger partial charge is 0.0845 e. The van der Waals surface area contributed by atoms with Crippen molar-refractivity contribution in [3.05, 3.63) is 11.6 Å². The third-order valence-corrected chi connectivity index (χ3v) is 11.1. The maximum atomic E-state index is 2.78. The van der Waals surface area contributed by atoms with Crippen molar-refractivity contribution in [1.82, 2.24) is 0 Å². The zero-order valence-electron chi connectivity index (χ0n) is 21.3. The summed E-state index contributed by atoms with van der Waals surface area (Å²) >= 11 is 0. The monoisotopic (exact) mass is 412 g/mol. The fourth-order valence-corrected chi connectivity index (χ4v) is 9.21. The molecule has 0 heterocycles. The van der Waals surface area contributed by atoms with E-state index in [2.05, 4.69) is 47.6 Å². The molecule has 0 saturated heterocycles. The molecule has 3 fully saturated rings. The van der Waals surface area contributed by atoms with Gasteiger partial charge in [0.15, 0.2) is 0 Å². The van der Waals surface area contributed by atoms with E-state index in [0.29, 0.717) is 10.8 Å². The average molecular weight is 413 g/mol. The van der Waals surface area contributed by atoms with Crippen molar-refractivity contribution in [3.8, 4) is 0 Å². The van der Waals surface area contributed by atoms with Crippen LogP contribution in [-0.4, -0.2) is 0 Å².